The molecule has 3 heteroatoms. The molecule has 0 radical (unpaired) electrons. The Kier molecular flexibility index (Phi) is 3.18. The van der Waals surface area contributed by atoms with Gasteiger partial charge in [0.15, 0.2) is 0 Å². The first kappa shape index (κ1) is 12.2. The van der Waals surface area contributed by atoms with Crippen molar-refractivity contribution in [1.82, 2.24) is 4.98 Å². The molecular weight excluding hydrogens is 335 g/mol. The van der Waals surface area contributed by atoms with Crippen LogP contribution >= 0.6 is 22.6 Å². The number of anilines is 1. The fourth-order valence-corrected chi connectivity index (χ4v) is 3.32. The molecule has 0 saturated carbocycles. The predicted molar refractivity (Wildman–Crippen MR) is 85.2 cm³/mol. The number of aryl methyl sites for hydroxylation is 1. The predicted octanol–water partition coefficient (Wildman–Crippen LogP) is 4.14. The second-order valence-electron chi connectivity index (χ2n) is 5.13. The van der Waals surface area contributed by atoms with Crippen molar-refractivity contribution in [2.45, 2.75) is 32.7 Å². The summed E-state index contributed by atoms with van der Waals surface area (Å²) in [5.74, 6) is 0. The van der Waals surface area contributed by atoms with Crippen LogP contribution in [0.1, 0.15) is 25.5 Å². The highest BCUT2D eigenvalue weighted by atomic mass is 127. The lowest BCUT2D eigenvalue weighted by Gasteiger charge is -2.25. The van der Waals surface area contributed by atoms with Gasteiger partial charge in [0.25, 0.3) is 0 Å². The zero-order chi connectivity index (χ0) is 12.7. The van der Waals surface area contributed by atoms with E-state index in [4.69, 9.17) is 0 Å². The van der Waals surface area contributed by atoms with Gasteiger partial charge in [-0.2, -0.15) is 0 Å². The van der Waals surface area contributed by atoms with Gasteiger partial charge in [0.1, 0.15) is 0 Å². The summed E-state index contributed by atoms with van der Waals surface area (Å²) in [5, 5.41) is 1.29. The Morgan fingerprint density at radius 1 is 1.33 bits per heavy atom. The van der Waals surface area contributed by atoms with E-state index < -0.39 is 0 Å². The summed E-state index contributed by atoms with van der Waals surface area (Å²) in [6.45, 7) is 5.58. The topological polar surface area (TPSA) is 16.1 Å². The maximum atomic E-state index is 4.66. The van der Waals surface area contributed by atoms with Crippen molar-refractivity contribution in [3.8, 4) is 0 Å². The molecule has 1 aromatic carbocycles. The van der Waals surface area contributed by atoms with Gasteiger partial charge in [0.2, 0.25) is 0 Å². The lowest BCUT2D eigenvalue weighted by molar-refractivity contribution is 0.736. The molecule has 18 heavy (non-hydrogen) atoms. The van der Waals surface area contributed by atoms with Gasteiger partial charge in [-0.3, -0.25) is 4.98 Å². The van der Waals surface area contributed by atoms with E-state index in [9.17, 15) is 0 Å². The van der Waals surface area contributed by atoms with E-state index in [1.165, 1.54) is 34.0 Å². The number of nitrogens with zero attached hydrogens (tertiary/aromatic N) is 2. The number of hydrogen-bond acceptors (Lipinski definition) is 2. The third kappa shape index (κ3) is 2.09. The van der Waals surface area contributed by atoms with E-state index in [0.717, 1.165) is 11.2 Å². The second kappa shape index (κ2) is 4.68. The van der Waals surface area contributed by atoms with E-state index >= 15 is 0 Å². The smallest absolute Gasteiger partial charge is 0.0736 e. The maximum absolute atomic E-state index is 4.66. The quantitative estimate of drug-likeness (QED) is 0.718. The number of rotatable bonds is 1. The standard InChI is InChI=1S/C15H17IN2/c1-10-8-15(18-7-3-4-11(18)2)13-6-5-12(16)9-14(13)17-10/h5-6,8-9,11H,3-4,7H2,1-2H3. The molecule has 2 nitrogen and oxygen atoms in total. The van der Waals surface area contributed by atoms with Gasteiger partial charge in [-0.1, -0.05) is 0 Å². The molecule has 0 spiro atoms. The summed E-state index contributed by atoms with van der Waals surface area (Å²) < 4.78 is 1.25. The Balaban J connectivity index is 2.21. The van der Waals surface area contributed by atoms with Gasteiger partial charge in [-0.25, -0.2) is 0 Å². The lowest BCUT2D eigenvalue weighted by Crippen LogP contribution is -2.26. The number of halogens is 1. The molecule has 1 aliphatic rings. The number of hydrogen-bond donors (Lipinski definition) is 0. The number of pyridine rings is 1. The van der Waals surface area contributed by atoms with E-state index in [1.807, 2.05) is 0 Å². The van der Waals surface area contributed by atoms with Gasteiger partial charge in [0, 0.05) is 32.9 Å². The van der Waals surface area contributed by atoms with Gasteiger partial charge < -0.3 is 4.90 Å². The summed E-state index contributed by atoms with van der Waals surface area (Å²) in [6, 6.07) is 9.44. The minimum Gasteiger partial charge on any atom is -0.368 e. The van der Waals surface area contributed by atoms with Crippen LogP contribution in [0.5, 0.6) is 0 Å². The van der Waals surface area contributed by atoms with Gasteiger partial charge in [-0.15, -0.1) is 0 Å². The molecule has 0 amide bonds. The number of benzene rings is 1. The van der Waals surface area contributed by atoms with Gasteiger partial charge >= 0.3 is 0 Å². The van der Waals surface area contributed by atoms with Crippen molar-refractivity contribution in [2.75, 3.05) is 11.4 Å². The molecule has 1 unspecified atom stereocenters. The van der Waals surface area contributed by atoms with Crippen LogP contribution in [0.15, 0.2) is 24.3 Å². The van der Waals surface area contributed by atoms with Crippen molar-refractivity contribution >= 4 is 39.2 Å². The first-order chi connectivity index (χ1) is 8.65. The summed E-state index contributed by atoms with van der Waals surface area (Å²) in [5.41, 5.74) is 3.59. The maximum Gasteiger partial charge on any atom is 0.0736 e. The number of aromatic nitrogens is 1. The van der Waals surface area contributed by atoms with E-state index in [2.05, 4.69) is 70.6 Å². The van der Waals surface area contributed by atoms with Crippen molar-refractivity contribution in [1.29, 1.82) is 0 Å². The Hall–Kier alpha value is -0.840. The Labute approximate surface area is 122 Å². The van der Waals surface area contributed by atoms with Crippen LogP contribution in [0.4, 0.5) is 5.69 Å². The van der Waals surface area contributed by atoms with Gasteiger partial charge in [0.05, 0.1) is 5.52 Å². The largest absolute Gasteiger partial charge is 0.368 e. The van der Waals surface area contributed by atoms with Crippen LogP contribution in [0.2, 0.25) is 0 Å². The molecule has 94 valence electrons. The Morgan fingerprint density at radius 3 is 2.89 bits per heavy atom. The third-order valence-electron chi connectivity index (χ3n) is 3.74. The van der Waals surface area contributed by atoms with E-state index in [0.29, 0.717) is 6.04 Å². The van der Waals surface area contributed by atoms with Crippen molar-refractivity contribution < 1.29 is 0 Å². The fourth-order valence-electron chi connectivity index (χ4n) is 2.84. The molecule has 1 atom stereocenters. The van der Waals surface area contributed by atoms with E-state index in [-0.39, 0.29) is 0 Å². The zero-order valence-electron chi connectivity index (χ0n) is 10.8. The molecule has 2 aromatic rings. The molecule has 1 aliphatic heterocycles. The molecular formula is C15H17IN2. The monoisotopic (exact) mass is 352 g/mol. The van der Waals surface area contributed by atoms with Crippen molar-refractivity contribution in [3.05, 3.63) is 33.5 Å². The summed E-state index contributed by atoms with van der Waals surface area (Å²) >= 11 is 2.35. The van der Waals surface area contributed by atoms with Crippen LogP contribution in [0.25, 0.3) is 10.9 Å². The summed E-state index contributed by atoms with van der Waals surface area (Å²) in [4.78, 5) is 7.19. The average Bonchev–Trinajstić information content (AvgIpc) is 2.73. The first-order valence-corrected chi connectivity index (χ1v) is 7.56. The molecule has 3 rings (SSSR count). The van der Waals surface area contributed by atoms with Crippen LogP contribution in [0, 0.1) is 10.5 Å². The molecule has 1 aromatic heterocycles. The highest BCUT2D eigenvalue weighted by Crippen LogP contribution is 2.32. The normalized spacial score (nSPS) is 19.7. The lowest BCUT2D eigenvalue weighted by atomic mass is 10.1. The summed E-state index contributed by atoms with van der Waals surface area (Å²) in [7, 11) is 0. The molecule has 2 heterocycles. The highest BCUT2D eigenvalue weighted by molar-refractivity contribution is 14.1. The molecule has 1 fully saturated rings. The zero-order valence-corrected chi connectivity index (χ0v) is 12.9. The highest BCUT2D eigenvalue weighted by Gasteiger charge is 2.22. The number of fused-ring (bicyclic) bond motifs is 1. The van der Waals surface area contributed by atoms with Crippen molar-refractivity contribution in [2.24, 2.45) is 0 Å². The average molecular weight is 352 g/mol. The first-order valence-electron chi connectivity index (χ1n) is 6.49. The van der Waals surface area contributed by atoms with Crippen LogP contribution in [-0.4, -0.2) is 17.6 Å². The SMILES string of the molecule is Cc1cc(N2CCCC2C)c2ccc(I)cc2n1. The van der Waals surface area contributed by atoms with Crippen LogP contribution in [0.3, 0.4) is 0 Å². The van der Waals surface area contributed by atoms with E-state index in [1.54, 1.807) is 0 Å². The Morgan fingerprint density at radius 2 is 2.17 bits per heavy atom. The summed E-state index contributed by atoms with van der Waals surface area (Å²) in [6.07, 6.45) is 2.60. The van der Waals surface area contributed by atoms with Crippen LogP contribution < -0.4 is 4.90 Å². The van der Waals surface area contributed by atoms with Crippen LogP contribution in [-0.2, 0) is 0 Å². The minimum absolute atomic E-state index is 0.647. The second-order valence-corrected chi connectivity index (χ2v) is 6.37. The third-order valence-corrected chi connectivity index (χ3v) is 4.41. The molecule has 0 aliphatic carbocycles. The van der Waals surface area contributed by atoms with Gasteiger partial charge in [-0.05, 0) is 73.5 Å². The molecule has 0 bridgehead atoms. The molecule has 0 N–H and O–H groups in total. The fraction of sp³-hybridized carbons (Fsp3) is 0.400. The molecule has 1 saturated heterocycles. The minimum atomic E-state index is 0.647. The Bertz CT molecular complexity index is 589. The van der Waals surface area contributed by atoms with Crippen molar-refractivity contribution in [3.63, 3.8) is 0 Å².